The Labute approximate surface area is 164 Å². The van der Waals surface area contributed by atoms with Crippen molar-refractivity contribution in [2.45, 2.75) is 25.3 Å². The Morgan fingerprint density at radius 3 is 2.33 bits per heavy atom. The van der Waals surface area contributed by atoms with Gasteiger partial charge in [0.15, 0.2) is 0 Å². The lowest BCUT2D eigenvalue weighted by molar-refractivity contribution is 0.204. The van der Waals surface area contributed by atoms with E-state index in [0.29, 0.717) is 5.92 Å². The lowest BCUT2D eigenvalue weighted by atomic mass is 9.89. The van der Waals surface area contributed by atoms with Crippen molar-refractivity contribution in [3.63, 3.8) is 0 Å². The number of rotatable bonds is 4. The van der Waals surface area contributed by atoms with Gasteiger partial charge in [0.25, 0.3) is 0 Å². The number of nitrogens with zero attached hydrogens (tertiary/aromatic N) is 2. The first-order valence-corrected chi connectivity index (χ1v) is 9.73. The fourth-order valence-electron chi connectivity index (χ4n) is 3.79. The van der Waals surface area contributed by atoms with Crippen LogP contribution in [0.15, 0.2) is 67.0 Å². The summed E-state index contributed by atoms with van der Waals surface area (Å²) in [6, 6.07) is 17.1. The summed E-state index contributed by atoms with van der Waals surface area (Å²) >= 11 is 5.98. The first kappa shape index (κ1) is 18.1. The van der Waals surface area contributed by atoms with Gasteiger partial charge in [-0.1, -0.05) is 35.9 Å². The molecule has 0 unspecified atom stereocenters. The molecule has 0 radical (unpaired) electrons. The molecule has 0 bridgehead atoms. The molecule has 0 atom stereocenters. The van der Waals surface area contributed by atoms with Crippen LogP contribution in [-0.2, 0) is 6.54 Å². The molecular formula is C23H22ClFN2. The molecule has 0 saturated carbocycles. The van der Waals surface area contributed by atoms with E-state index in [9.17, 15) is 4.39 Å². The van der Waals surface area contributed by atoms with Crippen LogP contribution in [0.2, 0.25) is 5.02 Å². The molecule has 1 fully saturated rings. The molecule has 0 spiro atoms. The second-order valence-corrected chi connectivity index (χ2v) is 7.63. The smallest absolute Gasteiger partial charge is 0.123 e. The van der Waals surface area contributed by atoms with Crippen LogP contribution in [0, 0.1) is 5.82 Å². The molecule has 1 aliphatic rings. The molecule has 138 valence electrons. The monoisotopic (exact) mass is 380 g/mol. The molecule has 1 aliphatic heterocycles. The van der Waals surface area contributed by atoms with Gasteiger partial charge in [0.2, 0.25) is 0 Å². The van der Waals surface area contributed by atoms with Gasteiger partial charge in [0.05, 0.1) is 0 Å². The summed E-state index contributed by atoms with van der Waals surface area (Å²) < 4.78 is 13.1. The highest BCUT2D eigenvalue weighted by Gasteiger charge is 2.20. The highest BCUT2D eigenvalue weighted by atomic mass is 35.5. The van der Waals surface area contributed by atoms with E-state index in [1.165, 1.54) is 11.1 Å². The van der Waals surface area contributed by atoms with Gasteiger partial charge in [0.1, 0.15) is 5.82 Å². The molecular weight excluding hydrogens is 359 g/mol. The first-order valence-electron chi connectivity index (χ1n) is 9.35. The molecule has 27 heavy (non-hydrogen) atoms. The minimum absolute atomic E-state index is 0.163. The van der Waals surface area contributed by atoms with Gasteiger partial charge in [-0.05, 0) is 78.9 Å². The molecule has 1 saturated heterocycles. The van der Waals surface area contributed by atoms with Gasteiger partial charge in [0, 0.05) is 29.5 Å². The van der Waals surface area contributed by atoms with Crippen molar-refractivity contribution in [1.29, 1.82) is 0 Å². The Morgan fingerprint density at radius 1 is 0.926 bits per heavy atom. The SMILES string of the molecule is Fc1ccc(C2CCN(Cc3cncc(-c4ccc(Cl)cc4)c3)CC2)cc1. The number of pyridine rings is 1. The lowest BCUT2D eigenvalue weighted by Gasteiger charge is -2.32. The highest BCUT2D eigenvalue weighted by Crippen LogP contribution is 2.29. The minimum atomic E-state index is -0.163. The van der Waals surface area contributed by atoms with Crippen molar-refractivity contribution >= 4 is 11.6 Å². The number of halogens is 2. The Morgan fingerprint density at radius 2 is 1.63 bits per heavy atom. The number of piperidine rings is 1. The molecule has 3 aromatic rings. The third-order valence-electron chi connectivity index (χ3n) is 5.31. The highest BCUT2D eigenvalue weighted by molar-refractivity contribution is 6.30. The number of hydrogen-bond donors (Lipinski definition) is 0. The fraction of sp³-hybridized carbons (Fsp3) is 0.261. The predicted octanol–water partition coefficient (Wildman–Crippen LogP) is 5.92. The van der Waals surface area contributed by atoms with Crippen molar-refractivity contribution in [1.82, 2.24) is 9.88 Å². The summed E-state index contributed by atoms with van der Waals surface area (Å²) in [4.78, 5) is 6.90. The number of benzene rings is 2. The maximum Gasteiger partial charge on any atom is 0.123 e. The standard InChI is InChI=1S/C23H22ClFN2/c24-22-5-1-19(2-6-22)21-13-17(14-26-15-21)16-27-11-9-20(10-12-27)18-3-7-23(25)8-4-18/h1-8,13-15,20H,9-12,16H2. The van der Waals surface area contributed by atoms with Crippen LogP contribution < -0.4 is 0 Å². The molecule has 2 aromatic carbocycles. The number of aromatic nitrogens is 1. The Hall–Kier alpha value is -2.23. The Bertz CT molecular complexity index is 885. The maximum atomic E-state index is 13.1. The van der Waals surface area contributed by atoms with Crippen LogP contribution in [0.4, 0.5) is 4.39 Å². The summed E-state index contributed by atoms with van der Waals surface area (Å²) in [7, 11) is 0. The van der Waals surface area contributed by atoms with E-state index in [1.54, 1.807) is 12.1 Å². The summed E-state index contributed by atoms with van der Waals surface area (Å²) in [6.07, 6.45) is 6.06. The van der Waals surface area contributed by atoms with E-state index in [0.717, 1.165) is 48.6 Å². The van der Waals surface area contributed by atoms with Crippen LogP contribution in [0.1, 0.15) is 29.9 Å². The zero-order chi connectivity index (χ0) is 18.6. The maximum absolute atomic E-state index is 13.1. The van der Waals surface area contributed by atoms with Crippen LogP contribution in [-0.4, -0.2) is 23.0 Å². The van der Waals surface area contributed by atoms with Crippen LogP contribution in [0.3, 0.4) is 0 Å². The predicted molar refractivity (Wildman–Crippen MR) is 108 cm³/mol. The second-order valence-electron chi connectivity index (χ2n) is 7.19. The van der Waals surface area contributed by atoms with E-state index in [-0.39, 0.29) is 5.82 Å². The summed E-state index contributed by atoms with van der Waals surface area (Å²) in [6.45, 7) is 3.00. The largest absolute Gasteiger partial charge is 0.299 e. The summed E-state index contributed by atoms with van der Waals surface area (Å²) in [5, 5.41) is 0.742. The van der Waals surface area contributed by atoms with Crippen molar-refractivity contribution in [2.75, 3.05) is 13.1 Å². The van der Waals surface area contributed by atoms with Gasteiger partial charge in [-0.3, -0.25) is 9.88 Å². The number of hydrogen-bond acceptors (Lipinski definition) is 2. The zero-order valence-electron chi connectivity index (χ0n) is 15.1. The Balaban J connectivity index is 1.38. The van der Waals surface area contributed by atoms with E-state index in [4.69, 9.17) is 11.6 Å². The van der Waals surface area contributed by atoms with E-state index < -0.39 is 0 Å². The van der Waals surface area contributed by atoms with Gasteiger partial charge >= 0.3 is 0 Å². The molecule has 0 amide bonds. The quantitative estimate of drug-likeness (QED) is 0.558. The number of likely N-dealkylation sites (tertiary alicyclic amines) is 1. The molecule has 0 aliphatic carbocycles. The van der Waals surface area contributed by atoms with Crippen LogP contribution >= 0.6 is 11.6 Å². The van der Waals surface area contributed by atoms with Crippen molar-refractivity contribution < 1.29 is 4.39 Å². The van der Waals surface area contributed by atoms with Crippen LogP contribution in [0.5, 0.6) is 0 Å². The zero-order valence-corrected chi connectivity index (χ0v) is 15.9. The first-order chi connectivity index (χ1) is 13.2. The normalized spacial score (nSPS) is 15.8. The second kappa shape index (κ2) is 8.20. The topological polar surface area (TPSA) is 16.1 Å². The molecule has 2 nitrogen and oxygen atoms in total. The van der Waals surface area contributed by atoms with E-state index in [1.807, 2.05) is 48.8 Å². The van der Waals surface area contributed by atoms with Crippen molar-refractivity contribution in [3.8, 4) is 11.1 Å². The third kappa shape index (κ3) is 4.55. The van der Waals surface area contributed by atoms with Gasteiger partial charge in [-0.15, -0.1) is 0 Å². The average Bonchev–Trinajstić information content (AvgIpc) is 2.70. The summed E-state index contributed by atoms with van der Waals surface area (Å²) in [5.74, 6) is 0.365. The third-order valence-corrected chi connectivity index (χ3v) is 5.56. The van der Waals surface area contributed by atoms with E-state index >= 15 is 0 Å². The van der Waals surface area contributed by atoms with Gasteiger partial charge in [-0.25, -0.2) is 4.39 Å². The van der Waals surface area contributed by atoms with Gasteiger partial charge < -0.3 is 0 Å². The fourth-order valence-corrected chi connectivity index (χ4v) is 3.92. The molecule has 0 N–H and O–H groups in total. The molecule has 4 rings (SSSR count). The molecule has 2 heterocycles. The summed E-state index contributed by atoms with van der Waals surface area (Å²) in [5.41, 5.74) is 4.72. The average molecular weight is 381 g/mol. The Kier molecular flexibility index (Phi) is 5.51. The van der Waals surface area contributed by atoms with Crippen molar-refractivity contribution in [2.24, 2.45) is 0 Å². The molecule has 1 aromatic heterocycles. The molecule has 4 heteroatoms. The lowest BCUT2D eigenvalue weighted by Crippen LogP contribution is -2.32. The van der Waals surface area contributed by atoms with Gasteiger partial charge in [-0.2, -0.15) is 0 Å². The van der Waals surface area contributed by atoms with Crippen LogP contribution in [0.25, 0.3) is 11.1 Å². The van der Waals surface area contributed by atoms with E-state index in [2.05, 4.69) is 16.0 Å². The van der Waals surface area contributed by atoms with Crippen molar-refractivity contribution in [3.05, 3.63) is 89.0 Å². The minimum Gasteiger partial charge on any atom is -0.299 e.